The Hall–Kier alpha value is -0.690. The fourth-order valence-electron chi connectivity index (χ4n) is 2.32. The van der Waals surface area contributed by atoms with E-state index in [0.717, 1.165) is 6.08 Å². The molecule has 0 saturated carbocycles. The Morgan fingerprint density at radius 3 is 2.39 bits per heavy atom. The molecular formula is C15H13ClF3NaO3. The summed E-state index contributed by atoms with van der Waals surface area (Å²) in [6, 6.07) is 1.55. The molecule has 0 radical (unpaired) electrons. The second-order valence-electron chi connectivity index (χ2n) is 5.40. The summed E-state index contributed by atoms with van der Waals surface area (Å²) in [5, 5.41) is 11.4. The van der Waals surface area contributed by atoms with Crippen LogP contribution in [0, 0.1) is 6.92 Å². The van der Waals surface area contributed by atoms with Gasteiger partial charge in [0.2, 0.25) is 6.10 Å². The third kappa shape index (κ3) is 3.87. The number of benzene rings is 1. The topological polar surface area (TPSA) is 49.4 Å². The van der Waals surface area contributed by atoms with E-state index in [4.69, 9.17) is 16.3 Å². The smallest absolute Gasteiger partial charge is 0.545 e. The molecule has 1 heterocycles. The van der Waals surface area contributed by atoms with Crippen molar-refractivity contribution in [3.63, 3.8) is 0 Å². The number of alkyl halides is 3. The van der Waals surface area contributed by atoms with Crippen LogP contribution in [0.1, 0.15) is 36.5 Å². The molecule has 0 saturated heterocycles. The number of carbonyl (C=O) groups is 1. The van der Waals surface area contributed by atoms with Gasteiger partial charge in [0.1, 0.15) is 5.75 Å². The molecule has 120 valence electrons. The molecule has 1 atom stereocenters. The van der Waals surface area contributed by atoms with E-state index in [1.165, 1.54) is 0 Å². The van der Waals surface area contributed by atoms with Crippen molar-refractivity contribution in [3.8, 4) is 5.75 Å². The predicted octanol–water partition coefficient (Wildman–Crippen LogP) is 0.232. The summed E-state index contributed by atoms with van der Waals surface area (Å²) >= 11 is 6.08. The molecular weight excluding hydrogens is 344 g/mol. The zero-order valence-corrected chi connectivity index (χ0v) is 15.8. The molecule has 0 bridgehead atoms. The zero-order valence-electron chi connectivity index (χ0n) is 13.0. The molecule has 8 heteroatoms. The molecule has 2 rings (SSSR count). The second kappa shape index (κ2) is 7.05. The summed E-state index contributed by atoms with van der Waals surface area (Å²) in [6.07, 6.45) is -6.46. The minimum absolute atomic E-state index is 0. The summed E-state index contributed by atoms with van der Waals surface area (Å²) in [7, 11) is 0. The monoisotopic (exact) mass is 356 g/mol. The van der Waals surface area contributed by atoms with Gasteiger partial charge in [0.05, 0.1) is 5.97 Å². The number of carboxylic acids is 1. The Morgan fingerprint density at radius 1 is 1.39 bits per heavy atom. The quantitative estimate of drug-likeness (QED) is 0.713. The number of ether oxygens (including phenoxy) is 1. The first kappa shape index (κ1) is 20.4. The van der Waals surface area contributed by atoms with Crippen LogP contribution in [0.4, 0.5) is 13.2 Å². The van der Waals surface area contributed by atoms with Crippen LogP contribution in [0.2, 0.25) is 5.02 Å². The van der Waals surface area contributed by atoms with Crippen LogP contribution in [0.25, 0.3) is 6.08 Å². The number of fused-ring (bicyclic) bond motifs is 1. The van der Waals surface area contributed by atoms with Gasteiger partial charge in [-0.25, -0.2) is 0 Å². The van der Waals surface area contributed by atoms with E-state index < -0.39 is 23.8 Å². The Kier molecular flexibility index (Phi) is 6.24. The van der Waals surface area contributed by atoms with Gasteiger partial charge in [-0.3, -0.25) is 0 Å². The Balaban J connectivity index is 0.00000264. The van der Waals surface area contributed by atoms with Crippen molar-refractivity contribution in [2.45, 2.75) is 39.0 Å². The van der Waals surface area contributed by atoms with Crippen molar-refractivity contribution < 1.29 is 57.4 Å². The maximum atomic E-state index is 13.1. The Labute approximate surface area is 158 Å². The van der Waals surface area contributed by atoms with E-state index in [-0.39, 0.29) is 46.8 Å². The molecule has 0 spiro atoms. The van der Waals surface area contributed by atoms with Crippen molar-refractivity contribution >= 4 is 23.6 Å². The number of carboxylic acid groups (broad SMARTS) is 1. The largest absolute Gasteiger partial charge is 1.00 e. The van der Waals surface area contributed by atoms with Gasteiger partial charge >= 0.3 is 35.7 Å². The van der Waals surface area contributed by atoms with Gasteiger partial charge in [0, 0.05) is 16.2 Å². The third-order valence-electron chi connectivity index (χ3n) is 3.52. The van der Waals surface area contributed by atoms with Gasteiger partial charge in [-0.15, -0.1) is 0 Å². The number of halogens is 4. The van der Waals surface area contributed by atoms with E-state index >= 15 is 0 Å². The average molecular weight is 357 g/mol. The molecule has 1 aliphatic heterocycles. The molecule has 1 aromatic rings. The van der Waals surface area contributed by atoms with Crippen LogP contribution in [-0.4, -0.2) is 18.2 Å². The minimum atomic E-state index is -4.86. The first-order valence-electron chi connectivity index (χ1n) is 6.53. The maximum Gasteiger partial charge on any atom is 1.00 e. The van der Waals surface area contributed by atoms with Crippen LogP contribution in [0.5, 0.6) is 5.75 Å². The second-order valence-corrected chi connectivity index (χ2v) is 5.80. The molecule has 0 aromatic heterocycles. The Morgan fingerprint density at radius 2 is 1.96 bits per heavy atom. The van der Waals surface area contributed by atoms with E-state index in [0.29, 0.717) is 16.1 Å². The van der Waals surface area contributed by atoms with Crippen molar-refractivity contribution in [1.29, 1.82) is 0 Å². The third-order valence-corrected chi connectivity index (χ3v) is 3.92. The van der Waals surface area contributed by atoms with Gasteiger partial charge in [0.25, 0.3) is 0 Å². The van der Waals surface area contributed by atoms with Crippen molar-refractivity contribution in [2.75, 3.05) is 0 Å². The average Bonchev–Trinajstić information content (AvgIpc) is 2.40. The number of hydrogen-bond donors (Lipinski definition) is 0. The normalized spacial score (nSPS) is 17.0. The number of rotatable bonds is 2. The fourth-order valence-corrected chi connectivity index (χ4v) is 2.54. The van der Waals surface area contributed by atoms with Crippen molar-refractivity contribution in [3.05, 3.63) is 33.4 Å². The van der Waals surface area contributed by atoms with Crippen molar-refractivity contribution in [2.24, 2.45) is 0 Å². The summed E-state index contributed by atoms with van der Waals surface area (Å²) in [6.45, 7) is 5.16. The van der Waals surface area contributed by atoms with Gasteiger partial charge < -0.3 is 14.6 Å². The van der Waals surface area contributed by atoms with Crippen molar-refractivity contribution in [1.82, 2.24) is 0 Å². The van der Waals surface area contributed by atoms with E-state index in [2.05, 4.69) is 0 Å². The molecule has 0 aliphatic carbocycles. The van der Waals surface area contributed by atoms with Gasteiger partial charge in [-0.05, 0) is 36.1 Å². The van der Waals surface area contributed by atoms with Gasteiger partial charge in [-0.1, -0.05) is 25.4 Å². The first-order valence-corrected chi connectivity index (χ1v) is 6.91. The summed E-state index contributed by atoms with van der Waals surface area (Å²) in [4.78, 5) is 11.0. The molecule has 3 nitrogen and oxygen atoms in total. The minimum Gasteiger partial charge on any atom is -0.545 e. The van der Waals surface area contributed by atoms with Gasteiger partial charge in [-0.2, -0.15) is 13.2 Å². The standard InChI is InChI=1S/C15H14ClF3O3.Na/c1-6(2)8-5-11(16)7(3)9-4-10(14(20)21)13(15(17,18)19)22-12(8)9;/h4-6,13H,1-3H3,(H,20,21);/q;+1/p-1/t13-;/m0./s1. The summed E-state index contributed by atoms with van der Waals surface area (Å²) in [5.74, 6) is -2.04. The molecule has 0 fully saturated rings. The number of aliphatic carboxylic acids is 1. The maximum absolute atomic E-state index is 13.1. The van der Waals surface area contributed by atoms with E-state index in [1.54, 1.807) is 26.8 Å². The number of hydrogen-bond acceptors (Lipinski definition) is 3. The summed E-state index contributed by atoms with van der Waals surface area (Å²) in [5.41, 5.74) is 0.241. The van der Waals surface area contributed by atoms with Gasteiger partial charge in [0.15, 0.2) is 0 Å². The SMILES string of the molecule is Cc1c(Cl)cc(C(C)C)c2c1C=C(C(=O)[O-])[C@@H](C(F)(F)F)O2.[Na+]. The van der Waals surface area contributed by atoms with Crippen LogP contribution < -0.4 is 39.4 Å². The van der Waals surface area contributed by atoms with Crippen LogP contribution in [-0.2, 0) is 4.79 Å². The first-order chi connectivity index (χ1) is 10.0. The molecule has 0 amide bonds. The zero-order chi connectivity index (χ0) is 16.8. The molecule has 23 heavy (non-hydrogen) atoms. The fraction of sp³-hybridized carbons (Fsp3) is 0.400. The molecule has 1 aromatic carbocycles. The molecule has 0 unspecified atom stereocenters. The Bertz CT molecular complexity index is 669. The van der Waals surface area contributed by atoms with E-state index in [1.807, 2.05) is 0 Å². The summed E-state index contributed by atoms with van der Waals surface area (Å²) < 4.78 is 44.3. The molecule has 1 aliphatic rings. The van der Waals surface area contributed by atoms with E-state index in [9.17, 15) is 23.1 Å². The van der Waals surface area contributed by atoms with Crippen LogP contribution in [0.15, 0.2) is 11.6 Å². The van der Waals surface area contributed by atoms with Crippen LogP contribution in [0.3, 0.4) is 0 Å². The number of carbonyl (C=O) groups excluding carboxylic acids is 1. The molecule has 0 N–H and O–H groups in total. The van der Waals surface area contributed by atoms with Crippen LogP contribution >= 0.6 is 11.6 Å². The predicted molar refractivity (Wildman–Crippen MR) is 73.7 cm³/mol.